The summed E-state index contributed by atoms with van der Waals surface area (Å²) in [7, 11) is 0. The van der Waals surface area contributed by atoms with Gasteiger partial charge in [-0.05, 0) is 90.0 Å². The fraction of sp³-hybridized carbons (Fsp3) is 0. The van der Waals surface area contributed by atoms with E-state index in [9.17, 15) is 0 Å². The molecule has 0 radical (unpaired) electrons. The Labute approximate surface area is 314 Å². The molecule has 0 amide bonds. The Morgan fingerprint density at radius 3 is 1.51 bits per heavy atom. The molecule has 0 aliphatic heterocycles. The summed E-state index contributed by atoms with van der Waals surface area (Å²) in [5, 5.41) is 11.1. The van der Waals surface area contributed by atoms with E-state index in [0.29, 0.717) is 0 Å². The smallest absolute Gasteiger partial charge is 0.146 e. The lowest BCUT2D eigenvalue weighted by Crippen LogP contribution is -1.94. The average Bonchev–Trinajstić information content (AvgIpc) is 3.96. The number of nitrogens with zero attached hydrogens (tertiary/aromatic N) is 4. The van der Waals surface area contributed by atoms with Gasteiger partial charge in [0.15, 0.2) is 0 Å². The Morgan fingerprint density at radius 1 is 0.327 bits per heavy atom. The predicted octanol–water partition coefficient (Wildman–Crippen LogP) is 13.2. The second kappa shape index (κ2) is 10.6. The molecule has 0 spiro atoms. The van der Waals surface area contributed by atoms with E-state index in [1.165, 1.54) is 93.0 Å². The molecule has 0 bridgehead atoms. The normalized spacial score (nSPS) is 12.4. The van der Waals surface area contributed by atoms with Gasteiger partial charge in [-0.2, -0.15) is 0 Å². The molecule has 0 unspecified atom stereocenters. The molecule has 0 aliphatic carbocycles. The summed E-state index contributed by atoms with van der Waals surface area (Å²) in [5.41, 5.74) is 14.0. The largest absolute Gasteiger partial charge is 0.309 e. The van der Waals surface area contributed by atoms with Crippen LogP contribution in [0.15, 0.2) is 182 Å². The Balaban J connectivity index is 1.06. The zero-order valence-electron chi connectivity index (χ0n) is 29.6. The quantitative estimate of drug-likeness (QED) is 0.180. The molecule has 13 rings (SSSR count). The van der Waals surface area contributed by atoms with E-state index in [-0.39, 0.29) is 0 Å². The van der Waals surface area contributed by atoms with Crippen molar-refractivity contribution in [3.05, 3.63) is 182 Å². The highest BCUT2D eigenvalue weighted by Crippen LogP contribution is 2.43. The third-order valence-corrected chi connectivity index (χ3v) is 11.9. The molecular formula is C51H30N4. The second-order valence-corrected chi connectivity index (χ2v) is 14.8. The Hall–Kier alpha value is -7.43. The van der Waals surface area contributed by atoms with Crippen molar-refractivity contribution in [2.75, 3.05) is 0 Å². The van der Waals surface area contributed by atoms with Gasteiger partial charge in [0.25, 0.3) is 0 Å². The monoisotopic (exact) mass is 698 g/mol. The fourth-order valence-electron chi connectivity index (χ4n) is 9.55. The summed E-state index contributed by atoms with van der Waals surface area (Å²) >= 11 is 0. The van der Waals surface area contributed by atoms with Crippen molar-refractivity contribution in [2.24, 2.45) is 0 Å². The van der Waals surface area contributed by atoms with Gasteiger partial charge in [0.1, 0.15) is 5.65 Å². The van der Waals surface area contributed by atoms with E-state index in [4.69, 9.17) is 4.98 Å². The summed E-state index contributed by atoms with van der Waals surface area (Å²) in [4.78, 5) is 5.26. The van der Waals surface area contributed by atoms with E-state index >= 15 is 0 Å². The maximum absolute atomic E-state index is 5.26. The molecule has 0 saturated carbocycles. The molecule has 5 heterocycles. The molecule has 8 aromatic carbocycles. The number of rotatable bonds is 3. The fourth-order valence-corrected chi connectivity index (χ4v) is 9.55. The van der Waals surface area contributed by atoms with Crippen molar-refractivity contribution in [1.82, 2.24) is 18.5 Å². The van der Waals surface area contributed by atoms with Crippen LogP contribution < -0.4 is 0 Å². The van der Waals surface area contributed by atoms with Gasteiger partial charge >= 0.3 is 0 Å². The first-order valence-corrected chi connectivity index (χ1v) is 18.9. The molecule has 55 heavy (non-hydrogen) atoms. The maximum Gasteiger partial charge on any atom is 0.146 e. The third-order valence-electron chi connectivity index (χ3n) is 11.9. The van der Waals surface area contributed by atoms with Gasteiger partial charge in [-0.3, -0.25) is 4.40 Å². The van der Waals surface area contributed by atoms with Gasteiger partial charge in [-0.25, -0.2) is 4.98 Å². The van der Waals surface area contributed by atoms with Crippen LogP contribution in [-0.2, 0) is 0 Å². The summed E-state index contributed by atoms with van der Waals surface area (Å²) in [6.07, 6.45) is 0. The first-order chi connectivity index (χ1) is 27.3. The summed E-state index contributed by atoms with van der Waals surface area (Å²) in [6.45, 7) is 0. The molecule has 4 heteroatoms. The van der Waals surface area contributed by atoms with Crippen LogP contribution in [0.3, 0.4) is 0 Å². The van der Waals surface area contributed by atoms with Gasteiger partial charge in [-0.15, -0.1) is 0 Å². The first kappa shape index (κ1) is 29.1. The molecule has 13 aromatic rings. The van der Waals surface area contributed by atoms with E-state index in [1.54, 1.807) is 0 Å². The molecular weight excluding hydrogens is 669 g/mol. The lowest BCUT2D eigenvalue weighted by Gasteiger charge is -2.10. The number of benzene rings is 8. The van der Waals surface area contributed by atoms with Crippen LogP contribution >= 0.6 is 0 Å². The molecule has 5 aromatic heterocycles. The van der Waals surface area contributed by atoms with Crippen LogP contribution in [-0.4, -0.2) is 18.5 Å². The van der Waals surface area contributed by atoms with Crippen molar-refractivity contribution in [2.45, 2.75) is 0 Å². The molecule has 0 N–H and O–H groups in total. The highest BCUT2D eigenvalue weighted by atomic mass is 15.0. The summed E-state index contributed by atoms with van der Waals surface area (Å²) in [5.74, 6) is 0. The van der Waals surface area contributed by atoms with E-state index < -0.39 is 0 Å². The standard InChI is InChI=1S/C51H30N4/c1-2-13-34(14-3-1)53-45-19-9-5-15-36(45)39-26-31(22-24-48(39)53)32-23-25-49-40(27-32)37-16-6-10-20-46(37)54(49)35-29-41-38-17-7-11-21-47(38)55-50(41)42(30-35)43-28-33-12-4-8-18-44(33)52-51(43)55/h1-30H. The number of fused-ring (bicyclic) bond motifs is 13. The van der Waals surface area contributed by atoms with Gasteiger partial charge in [-0.1, -0.05) is 103 Å². The maximum atomic E-state index is 5.26. The molecule has 0 fully saturated rings. The van der Waals surface area contributed by atoms with Crippen molar-refractivity contribution < 1.29 is 0 Å². The summed E-state index contributed by atoms with van der Waals surface area (Å²) in [6, 6.07) is 66.5. The minimum atomic E-state index is 1.01. The van der Waals surface area contributed by atoms with Gasteiger partial charge in [0, 0.05) is 59.9 Å². The van der Waals surface area contributed by atoms with Crippen LogP contribution in [0.4, 0.5) is 0 Å². The van der Waals surface area contributed by atoms with Crippen molar-refractivity contribution >= 4 is 92.7 Å². The number of hydrogen-bond acceptors (Lipinski definition) is 1. The minimum Gasteiger partial charge on any atom is -0.309 e. The van der Waals surface area contributed by atoms with Crippen molar-refractivity contribution in [3.8, 4) is 22.5 Å². The topological polar surface area (TPSA) is 27.2 Å². The Bertz CT molecular complexity index is 3710. The van der Waals surface area contributed by atoms with Crippen molar-refractivity contribution in [1.29, 1.82) is 0 Å². The zero-order chi connectivity index (χ0) is 35.8. The molecule has 4 nitrogen and oxygen atoms in total. The first-order valence-electron chi connectivity index (χ1n) is 18.9. The molecule has 0 atom stereocenters. The third kappa shape index (κ3) is 3.87. The van der Waals surface area contributed by atoms with E-state index in [1.807, 2.05) is 0 Å². The van der Waals surface area contributed by atoms with E-state index in [0.717, 1.165) is 22.2 Å². The van der Waals surface area contributed by atoms with Gasteiger partial charge in [0.05, 0.1) is 38.6 Å². The zero-order valence-corrected chi connectivity index (χ0v) is 29.6. The highest BCUT2D eigenvalue weighted by Gasteiger charge is 2.22. The van der Waals surface area contributed by atoms with Crippen LogP contribution in [0.5, 0.6) is 0 Å². The minimum absolute atomic E-state index is 1.01. The van der Waals surface area contributed by atoms with Gasteiger partial charge < -0.3 is 9.13 Å². The lowest BCUT2D eigenvalue weighted by molar-refractivity contribution is 1.18. The van der Waals surface area contributed by atoms with Crippen molar-refractivity contribution in [3.63, 3.8) is 0 Å². The van der Waals surface area contributed by atoms with Crippen LogP contribution in [0.1, 0.15) is 0 Å². The van der Waals surface area contributed by atoms with Gasteiger partial charge in [0.2, 0.25) is 0 Å². The number of para-hydroxylation sites is 5. The van der Waals surface area contributed by atoms with Crippen LogP contribution in [0, 0.1) is 0 Å². The van der Waals surface area contributed by atoms with E-state index in [2.05, 4.69) is 196 Å². The molecule has 0 saturated heterocycles. The molecule has 254 valence electrons. The SMILES string of the molecule is c1ccc(-n2c3ccccc3c3cc(-c4ccc5c(c4)c4ccccc4n5-c4cc5c6ccccc6n6c7nc8ccccc8cc7c(c4)c56)ccc32)cc1. The number of aromatic nitrogens is 4. The van der Waals surface area contributed by atoms with Crippen LogP contribution in [0.25, 0.3) is 115 Å². The Morgan fingerprint density at radius 2 is 0.836 bits per heavy atom. The lowest BCUT2D eigenvalue weighted by atomic mass is 10.0. The summed E-state index contributed by atoms with van der Waals surface area (Å²) < 4.78 is 7.21. The predicted molar refractivity (Wildman–Crippen MR) is 231 cm³/mol. The van der Waals surface area contributed by atoms with Crippen LogP contribution in [0.2, 0.25) is 0 Å². The highest BCUT2D eigenvalue weighted by molar-refractivity contribution is 6.25. The number of pyridine rings is 1. The number of hydrogen-bond donors (Lipinski definition) is 0. The molecule has 0 aliphatic rings. The second-order valence-electron chi connectivity index (χ2n) is 14.8. The average molecular weight is 699 g/mol. The Kier molecular flexibility index (Phi) is 5.60.